The smallest absolute Gasteiger partial charge is 0.352 e. The van der Waals surface area contributed by atoms with Crippen molar-refractivity contribution in [3.63, 3.8) is 0 Å². The van der Waals surface area contributed by atoms with Gasteiger partial charge in [-0.2, -0.15) is 0 Å². The molecule has 2 N–H and O–H groups in total. The number of carboxylic acids is 1. The van der Waals surface area contributed by atoms with E-state index in [1.54, 1.807) is 43.3 Å². The van der Waals surface area contributed by atoms with Crippen molar-refractivity contribution in [1.29, 1.82) is 0 Å². The number of hydrogen-bond acceptors (Lipinski definition) is 5. The molecule has 0 atom stereocenters. The summed E-state index contributed by atoms with van der Waals surface area (Å²) in [4.78, 5) is 35.7. The number of ether oxygens (including phenoxy) is 2. The first-order chi connectivity index (χ1) is 15.7. The van der Waals surface area contributed by atoms with Gasteiger partial charge in [0, 0.05) is 18.1 Å². The second-order valence-corrected chi connectivity index (χ2v) is 7.80. The SMILES string of the molecule is CC(=O)Oc1cccc(C(=O)N/C(=C/c2ccc(Oc3ccccc3Br)cc2)C(=O)O)c1C. The number of aliphatic carboxylic acids is 1. The molecule has 0 fully saturated rings. The van der Waals surface area contributed by atoms with Gasteiger partial charge in [0.2, 0.25) is 0 Å². The first kappa shape index (κ1) is 23.7. The van der Waals surface area contributed by atoms with Gasteiger partial charge in [0.1, 0.15) is 22.9 Å². The lowest BCUT2D eigenvalue weighted by Gasteiger charge is -2.12. The van der Waals surface area contributed by atoms with E-state index in [4.69, 9.17) is 9.47 Å². The van der Waals surface area contributed by atoms with Crippen LogP contribution in [0.5, 0.6) is 17.2 Å². The lowest BCUT2D eigenvalue weighted by atomic mass is 10.1. The van der Waals surface area contributed by atoms with Gasteiger partial charge in [-0.05, 0) is 70.9 Å². The third-order valence-electron chi connectivity index (χ3n) is 4.52. The Kier molecular flexibility index (Phi) is 7.63. The third kappa shape index (κ3) is 6.30. The van der Waals surface area contributed by atoms with Gasteiger partial charge in [-0.3, -0.25) is 9.59 Å². The van der Waals surface area contributed by atoms with E-state index in [-0.39, 0.29) is 17.0 Å². The third-order valence-corrected chi connectivity index (χ3v) is 5.17. The van der Waals surface area contributed by atoms with Gasteiger partial charge in [0.05, 0.1) is 4.47 Å². The van der Waals surface area contributed by atoms with E-state index in [1.807, 2.05) is 24.3 Å². The Morgan fingerprint density at radius 1 is 0.939 bits per heavy atom. The average molecular weight is 510 g/mol. The molecule has 0 aromatic heterocycles. The van der Waals surface area contributed by atoms with Crippen LogP contribution in [0.25, 0.3) is 6.08 Å². The van der Waals surface area contributed by atoms with Crippen molar-refractivity contribution in [1.82, 2.24) is 5.32 Å². The minimum Gasteiger partial charge on any atom is -0.477 e. The number of nitrogens with one attached hydrogen (secondary N) is 1. The van der Waals surface area contributed by atoms with E-state index < -0.39 is 17.8 Å². The summed E-state index contributed by atoms with van der Waals surface area (Å²) >= 11 is 3.42. The van der Waals surface area contributed by atoms with E-state index in [0.717, 1.165) is 4.47 Å². The van der Waals surface area contributed by atoms with Gasteiger partial charge < -0.3 is 19.9 Å². The molecule has 3 aromatic rings. The molecule has 168 valence electrons. The summed E-state index contributed by atoms with van der Waals surface area (Å²) in [6, 6.07) is 18.8. The largest absolute Gasteiger partial charge is 0.477 e. The summed E-state index contributed by atoms with van der Waals surface area (Å²) in [5.41, 5.74) is 0.857. The standard InChI is InChI=1S/C25H20BrNO6/c1-15-19(6-5-9-22(15)32-16(2)28)24(29)27-21(25(30)31)14-17-10-12-18(13-11-17)33-23-8-4-3-7-20(23)26/h3-14H,1-2H3,(H,27,29)(H,30,31)/b21-14+. The number of carbonyl (C=O) groups is 3. The molecule has 0 aliphatic heterocycles. The number of esters is 1. The summed E-state index contributed by atoms with van der Waals surface area (Å²) < 4.78 is 11.7. The van der Waals surface area contributed by atoms with E-state index in [1.165, 1.54) is 19.1 Å². The van der Waals surface area contributed by atoms with Crippen LogP contribution < -0.4 is 14.8 Å². The van der Waals surface area contributed by atoms with Gasteiger partial charge in [-0.15, -0.1) is 0 Å². The van der Waals surface area contributed by atoms with Gasteiger partial charge in [0.15, 0.2) is 0 Å². The fourth-order valence-corrected chi connectivity index (χ4v) is 3.29. The predicted octanol–water partition coefficient (Wildman–Crippen LogP) is 5.33. The van der Waals surface area contributed by atoms with E-state index in [0.29, 0.717) is 22.6 Å². The van der Waals surface area contributed by atoms with Gasteiger partial charge >= 0.3 is 11.9 Å². The summed E-state index contributed by atoms with van der Waals surface area (Å²) in [7, 11) is 0. The molecule has 0 unspecified atom stereocenters. The number of halogens is 1. The number of amides is 1. The highest BCUT2D eigenvalue weighted by atomic mass is 79.9. The molecule has 33 heavy (non-hydrogen) atoms. The average Bonchev–Trinajstić information content (AvgIpc) is 2.77. The van der Waals surface area contributed by atoms with Crippen molar-refractivity contribution in [2.24, 2.45) is 0 Å². The molecule has 7 nitrogen and oxygen atoms in total. The highest BCUT2D eigenvalue weighted by Crippen LogP contribution is 2.29. The summed E-state index contributed by atoms with van der Waals surface area (Å²) in [6.45, 7) is 2.87. The number of para-hydroxylation sites is 1. The Bertz CT molecular complexity index is 1230. The Balaban J connectivity index is 1.78. The number of carboxylic acid groups (broad SMARTS) is 1. The first-order valence-corrected chi connectivity index (χ1v) is 10.6. The maximum atomic E-state index is 12.7. The number of hydrogen-bond donors (Lipinski definition) is 2. The summed E-state index contributed by atoms with van der Waals surface area (Å²) in [6.07, 6.45) is 1.34. The molecule has 8 heteroatoms. The highest BCUT2D eigenvalue weighted by molar-refractivity contribution is 9.10. The topological polar surface area (TPSA) is 102 Å². The summed E-state index contributed by atoms with van der Waals surface area (Å²) in [5.74, 6) is -1.01. The van der Waals surface area contributed by atoms with E-state index in [9.17, 15) is 19.5 Å². The predicted molar refractivity (Wildman–Crippen MR) is 126 cm³/mol. The lowest BCUT2D eigenvalue weighted by molar-refractivity contribution is -0.133. The van der Waals surface area contributed by atoms with E-state index in [2.05, 4.69) is 21.2 Å². The summed E-state index contributed by atoms with van der Waals surface area (Å²) in [5, 5.41) is 12.0. The Morgan fingerprint density at radius 2 is 1.61 bits per heavy atom. The normalized spacial score (nSPS) is 10.9. The Morgan fingerprint density at radius 3 is 2.24 bits per heavy atom. The monoisotopic (exact) mass is 509 g/mol. The zero-order chi connectivity index (χ0) is 24.0. The molecule has 0 bridgehead atoms. The Hall–Kier alpha value is -3.91. The van der Waals surface area contributed by atoms with Crippen LogP contribution in [0.3, 0.4) is 0 Å². The van der Waals surface area contributed by atoms with Crippen LogP contribution >= 0.6 is 15.9 Å². The zero-order valence-corrected chi connectivity index (χ0v) is 19.4. The number of rotatable bonds is 7. The fraction of sp³-hybridized carbons (Fsp3) is 0.0800. The van der Waals surface area contributed by atoms with Crippen LogP contribution in [-0.4, -0.2) is 23.0 Å². The molecular weight excluding hydrogens is 490 g/mol. The highest BCUT2D eigenvalue weighted by Gasteiger charge is 2.17. The molecule has 0 aliphatic carbocycles. The molecule has 0 saturated heterocycles. The molecule has 0 heterocycles. The van der Waals surface area contributed by atoms with Crippen molar-refractivity contribution >= 4 is 39.9 Å². The minimum absolute atomic E-state index is 0.193. The molecule has 3 aromatic carbocycles. The number of carbonyl (C=O) groups excluding carboxylic acids is 2. The van der Waals surface area contributed by atoms with Gasteiger partial charge in [-0.1, -0.05) is 30.3 Å². The Labute approximate surface area is 198 Å². The van der Waals surface area contributed by atoms with Crippen LogP contribution in [0.4, 0.5) is 0 Å². The molecule has 0 spiro atoms. The van der Waals surface area contributed by atoms with Gasteiger partial charge in [-0.25, -0.2) is 4.79 Å². The molecule has 1 amide bonds. The van der Waals surface area contributed by atoms with Crippen LogP contribution in [0.2, 0.25) is 0 Å². The maximum absolute atomic E-state index is 12.7. The lowest BCUT2D eigenvalue weighted by Crippen LogP contribution is -2.28. The minimum atomic E-state index is -1.30. The molecule has 3 rings (SSSR count). The van der Waals surface area contributed by atoms with Crippen LogP contribution in [0, 0.1) is 6.92 Å². The fourth-order valence-electron chi connectivity index (χ4n) is 2.92. The van der Waals surface area contributed by atoms with Crippen LogP contribution in [-0.2, 0) is 9.59 Å². The first-order valence-electron chi connectivity index (χ1n) is 9.81. The molecular formula is C25H20BrNO6. The van der Waals surface area contributed by atoms with Gasteiger partial charge in [0.25, 0.3) is 5.91 Å². The van der Waals surface area contributed by atoms with Crippen LogP contribution in [0.1, 0.15) is 28.4 Å². The van der Waals surface area contributed by atoms with Crippen molar-refractivity contribution in [2.45, 2.75) is 13.8 Å². The second kappa shape index (κ2) is 10.6. The molecule has 0 saturated carbocycles. The van der Waals surface area contributed by atoms with Crippen molar-refractivity contribution in [3.8, 4) is 17.2 Å². The molecule has 0 radical (unpaired) electrons. The maximum Gasteiger partial charge on any atom is 0.352 e. The van der Waals surface area contributed by atoms with Crippen LogP contribution in [0.15, 0.2) is 76.9 Å². The zero-order valence-electron chi connectivity index (χ0n) is 17.8. The molecule has 0 aliphatic rings. The van der Waals surface area contributed by atoms with E-state index >= 15 is 0 Å². The second-order valence-electron chi connectivity index (χ2n) is 6.94. The van der Waals surface area contributed by atoms with Crippen molar-refractivity contribution in [2.75, 3.05) is 0 Å². The number of benzene rings is 3. The van der Waals surface area contributed by atoms with Crippen molar-refractivity contribution < 1.29 is 29.0 Å². The quantitative estimate of drug-likeness (QED) is 0.253. The van der Waals surface area contributed by atoms with Crippen molar-refractivity contribution in [3.05, 3.63) is 93.6 Å².